The Hall–Kier alpha value is -2.76. The van der Waals surface area contributed by atoms with Crippen molar-refractivity contribution in [2.75, 3.05) is 19.8 Å². The fraction of sp³-hybridized carbons (Fsp3) is 0.316. The van der Waals surface area contributed by atoms with Crippen LogP contribution in [0.2, 0.25) is 0 Å². The zero-order valence-electron chi connectivity index (χ0n) is 14.4. The molecule has 0 aliphatic rings. The van der Waals surface area contributed by atoms with Crippen molar-refractivity contribution >= 4 is 5.91 Å². The van der Waals surface area contributed by atoms with Gasteiger partial charge >= 0.3 is 0 Å². The Labute approximate surface area is 146 Å². The standard InChI is InChI=1S/C19H22FNO4/c1-3-23-17-10-5-14(11-18(17)24-4-2)12-21-19(22)13-25-16-8-6-15(20)7-9-16/h5-11H,3-4,12-13H2,1-2H3,(H,21,22). The maximum absolute atomic E-state index is 12.8. The molecule has 0 heterocycles. The van der Waals surface area contributed by atoms with Crippen LogP contribution in [0.5, 0.6) is 17.2 Å². The summed E-state index contributed by atoms with van der Waals surface area (Å²) in [6, 6.07) is 11.0. The minimum Gasteiger partial charge on any atom is -0.490 e. The maximum Gasteiger partial charge on any atom is 0.258 e. The van der Waals surface area contributed by atoms with Crippen LogP contribution >= 0.6 is 0 Å². The molecule has 1 N–H and O–H groups in total. The molecule has 2 aromatic rings. The highest BCUT2D eigenvalue weighted by Crippen LogP contribution is 2.28. The first-order chi connectivity index (χ1) is 12.1. The lowest BCUT2D eigenvalue weighted by molar-refractivity contribution is -0.123. The van der Waals surface area contributed by atoms with Gasteiger partial charge in [0, 0.05) is 6.54 Å². The number of benzene rings is 2. The number of rotatable bonds is 9. The number of hydrogen-bond donors (Lipinski definition) is 1. The molecule has 0 aliphatic carbocycles. The number of carbonyl (C=O) groups excluding carboxylic acids is 1. The molecule has 2 rings (SSSR count). The van der Waals surface area contributed by atoms with E-state index < -0.39 is 0 Å². The number of ether oxygens (including phenoxy) is 3. The fourth-order valence-electron chi connectivity index (χ4n) is 2.14. The Morgan fingerprint density at radius 2 is 1.64 bits per heavy atom. The van der Waals surface area contributed by atoms with Gasteiger partial charge in [0.05, 0.1) is 13.2 Å². The molecule has 0 unspecified atom stereocenters. The molecule has 25 heavy (non-hydrogen) atoms. The van der Waals surface area contributed by atoms with Gasteiger partial charge in [-0.2, -0.15) is 0 Å². The van der Waals surface area contributed by atoms with Crippen LogP contribution in [0.4, 0.5) is 4.39 Å². The maximum atomic E-state index is 12.8. The van der Waals surface area contributed by atoms with Gasteiger partial charge in [-0.25, -0.2) is 4.39 Å². The highest BCUT2D eigenvalue weighted by atomic mass is 19.1. The third kappa shape index (κ3) is 5.99. The van der Waals surface area contributed by atoms with Crippen molar-refractivity contribution in [2.24, 2.45) is 0 Å². The summed E-state index contributed by atoms with van der Waals surface area (Å²) in [5, 5.41) is 2.77. The summed E-state index contributed by atoms with van der Waals surface area (Å²) in [5.74, 6) is 1.16. The van der Waals surface area contributed by atoms with E-state index in [-0.39, 0.29) is 18.3 Å². The van der Waals surface area contributed by atoms with Gasteiger partial charge in [-0.15, -0.1) is 0 Å². The summed E-state index contributed by atoms with van der Waals surface area (Å²) in [6.45, 7) is 5.10. The second-order valence-electron chi connectivity index (χ2n) is 5.17. The first-order valence-electron chi connectivity index (χ1n) is 8.16. The minimum atomic E-state index is -0.350. The summed E-state index contributed by atoms with van der Waals surface area (Å²) >= 11 is 0. The summed E-state index contributed by atoms with van der Waals surface area (Å²) in [4.78, 5) is 11.9. The van der Waals surface area contributed by atoms with Crippen LogP contribution in [0.1, 0.15) is 19.4 Å². The van der Waals surface area contributed by atoms with Crippen molar-refractivity contribution in [3.8, 4) is 17.2 Å². The molecule has 0 aromatic heterocycles. The third-order valence-electron chi connectivity index (χ3n) is 3.28. The van der Waals surface area contributed by atoms with Crippen molar-refractivity contribution in [3.63, 3.8) is 0 Å². The SMILES string of the molecule is CCOc1ccc(CNC(=O)COc2ccc(F)cc2)cc1OCC. The van der Waals surface area contributed by atoms with Crippen LogP contribution in [0.15, 0.2) is 42.5 Å². The number of carbonyl (C=O) groups is 1. The molecule has 0 aliphatic heterocycles. The normalized spacial score (nSPS) is 10.2. The molecule has 2 aromatic carbocycles. The van der Waals surface area contributed by atoms with Gasteiger partial charge in [0.25, 0.3) is 5.91 Å². The molecule has 1 amide bonds. The van der Waals surface area contributed by atoms with Crippen LogP contribution in [0.3, 0.4) is 0 Å². The average Bonchev–Trinajstić information content (AvgIpc) is 2.62. The Bertz CT molecular complexity index is 688. The third-order valence-corrected chi connectivity index (χ3v) is 3.28. The number of nitrogens with one attached hydrogen (secondary N) is 1. The molecular weight excluding hydrogens is 325 g/mol. The first kappa shape index (κ1) is 18.6. The minimum absolute atomic E-state index is 0.138. The lowest BCUT2D eigenvalue weighted by Crippen LogP contribution is -2.28. The van der Waals surface area contributed by atoms with Gasteiger partial charge in [-0.3, -0.25) is 4.79 Å². The monoisotopic (exact) mass is 347 g/mol. The van der Waals surface area contributed by atoms with E-state index in [4.69, 9.17) is 14.2 Å². The molecular formula is C19H22FNO4. The summed E-state index contributed by atoms with van der Waals surface area (Å²) in [7, 11) is 0. The van der Waals surface area contributed by atoms with Crippen LogP contribution in [0, 0.1) is 5.82 Å². The van der Waals surface area contributed by atoms with E-state index in [1.807, 2.05) is 32.0 Å². The van der Waals surface area contributed by atoms with Crippen molar-refractivity contribution in [1.29, 1.82) is 0 Å². The van der Waals surface area contributed by atoms with Crippen LogP contribution < -0.4 is 19.5 Å². The van der Waals surface area contributed by atoms with E-state index >= 15 is 0 Å². The Morgan fingerprint density at radius 1 is 0.960 bits per heavy atom. The molecule has 134 valence electrons. The second kappa shape index (κ2) is 9.52. The molecule has 0 saturated heterocycles. The van der Waals surface area contributed by atoms with Gasteiger partial charge in [-0.05, 0) is 55.8 Å². The van der Waals surface area contributed by atoms with Crippen LogP contribution in [0.25, 0.3) is 0 Å². The summed E-state index contributed by atoms with van der Waals surface area (Å²) < 4.78 is 29.2. The van der Waals surface area contributed by atoms with Gasteiger partial charge < -0.3 is 19.5 Å². The summed E-state index contributed by atoms with van der Waals surface area (Å²) in [5.41, 5.74) is 0.891. The first-order valence-corrected chi connectivity index (χ1v) is 8.16. The van der Waals surface area contributed by atoms with Crippen LogP contribution in [-0.4, -0.2) is 25.7 Å². The highest BCUT2D eigenvalue weighted by molar-refractivity contribution is 5.77. The van der Waals surface area contributed by atoms with E-state index in [1.54, 1.807) is 0 Å². The zero-order chi connectivity index (χ0) is 18.1. The molecule has 6 heteroatoms. The number of halogens is 1. The predicted molar refractivity (Wildman–Crippen MR) is 92.5 cm³/mol. The van der Waals surface area contributed by atoms with Crippen LogP contribution in [-0.2, 0) is 11.3 Å². The lowest BCUT2D eigenvalue weighted by Gasteiger charge is -2.13. The fourth-order valence-corrected chi connectivity index (χ4v) is 2.14. The van der Waals surface area contributed by atoms with Gasteiger partial charge in [0.2, 0.25) is 0 Å². The Balaban J connectivity index is 1.86. The van der Waals surface area contributed by atoms with Gasteiger partial charge in [0.1, 0.15) is 11.6 Å². The topological polar surface area (TPSA) is 56.8 Å². The van der Waals surface area contributed by atoms with Crippen molar-refractivity contribution in [2.45, 2.75) is 20.4 Å². The van der Waals surface area contributed by atoms with Gasteiger partial charge in [-0.1, -0.05) is 6.07 Å². The molecule has 0 radical (unpaired) electrons. The van der Waals surface area contributed by atoms with Gasteiger partial charge in [0.15, 0.2) is 18.1 Å². The zero-order valence-corrected chi connectivity index (χ0v) is 14.4. The van der Waals surface area contributed by atoms with E-state index in [1.165, 1.54) is 24.3 Å². The number of amides is 1. The van der Waals surface area contributed by atoms with E-state index in [0.29, 0.717) is 37.0 Å². The van der Waals surface area contributed by atoms with E-state index in [0.717, 1.165) is 5.56 Å². The highest BCUT2D eigenvalue weighted by Gasteiger charge is 2.08. The smallest absolute Gasteiger partial charge is 0.258 e. The lowest BCUT2D eigenvalue weighted by atomic mass is 10.2. The molecule has 5 nitrogen and oxygen atoms in total. The quantitative estimate of drug-likeness (QED) is 0.756. The van der Waals surface area contributed by atoms with Crippen molar-refractivity contribution in [3.05, 3.63) is 53.8 Å². The average molecular weight is 347 g/mol. The molecule has 0 spiro atoms. The molecule has 0 atom stereocenters. The molecule has 0 fully saturated rings. The molecule has 0 bridgehead atoms. The predicted octanol–water partition coefficient (Wildman–Crippen LogP) is 3.32. The Morgan fingerprint density at radius 3 is 2.32 bits per heavy atom. The van der Waals surface area contributed by atoms with Crippen molar-refractivity contribution in [1.82, 2.24) is 5.32 Å². The van der Waals surface area contributed by atoms with Crippen molar-refractivity contribution < 1.29 is 23.4 Å². The van der Waals surface area contributed by atoms with E-state index in [9.17, 15) is 9.18 Å². The van der Waals surface area contributed by atoms with E-state index in [2.05, 4.69) is 5.32 Å². The molecule has 0 saturated carbocycles. The second-order valence-corrected chi connectivity index (χ2v) is 5.17. The number of hydrogen-bond acceptors (Lipinski definition) is 4. The largest absolute Gasteiger partial charge is 0.490 e. The Kier molecular flexibility index (Phi) is 7.07. The summed E-state index contributed by atoms with van der Waals surface area (Å²) in [6.07, 6.45) is 0.